The molecule has 0 radical (unpaired) electrons. The fourth-order valence-electron chi connectivity index (χ4n) is 2.48. The Kier molecular flexibility index (Phi) is 5.11. The van der Waals surface area contributed by atoms with Crippen LogP contribution in [0.1, 0.15) is 52.0 Å². The van der Waals surface area contributed by atoms with Gasteiger partial charge in [0, 0.05) is 6.04 Å². The summed E-state index contributed by atoms with van der Waals surface area (Å²) in [7, 11) is 1.60. The van der Waals surface area contributed by atoms with Gasteiger partial charge < -0.3 is 9.72 Å². The quantitative estimate of drug-likeness (QED) is 0.619. The van der Waals surface area contributed by atoms with Crippen LogP contribution in [-0.4, -0.2) is 26.6 Å². The first-order valence-electron chi connectivity index (χ1n) is 7.18. The van der Waals surface area contributed by atoms with Gasteiger partial charge in [-0.25, -0.2) is 4.98 Å². The number of nitrogens with zero attached hydrogens (tertiary/aromatic N) is 3. The van der Waals surface area contributed by atoms with Crippen LogP contribution < -0.4 is 4.74 Å². The summed E-state index contributed by atoms with van der Waals surface area (Å²) < 4.78 is 8.00. The predicted octanol–water partition coefficient (Wildman–Crippen LogP) is 4.03. The summed E-state index contributed by atoms with van der Waals surface area (Å²) in [5, 5.41) is 0. The molecular formula is C14H22N4OS. The summed E-state index contributed by atoms with van der Waals surface area (Å²) in [6.45, 7) is 4.41. The minimum absolute atomic E-state index is 0.327. The summed E-state index contributed by atoms with van der Waals surface area (Å²) in [5.74, 6) is 0.540. The molecule has 0 aliphatic heterocycles. The molecule has 6 heteroatoms. The Morgan fingerprint density at radius 3 is 2.85 bits per heavy atom. The molecule has 1 N–H and O–H groups in total. The molecule has 0 bridgehead atoms. The second kappa shape index (κ2) is 6.83. The Morgan fingerprint density at radius 2 is 2.15 bits per heavy atom. The summed E-state index contributed by atoms with van der Waals surface area (Å²) in [5.41, 5.74) is 1.60. The van der Waals surface area contributed by atoms with Crippen LogP contribution in [0.2, 0.25) is 0 Å². The van der Waals surface area contributed by atoms with E-state index in [0.717, 1.165) is 17.6 Å². The van der Waals surface area contributed by atoms with Crippen LogP contribution in [0.25, 0.3) is 11.2 Å². The van der Waals surface area contributed by atoms with Gasteiger partial charge in [0.25, 0.3) is 0 Å². The molecule has 110 valence electrons. The third-order valence-electron chi connectivity index (χ3n) is 3.58. The molecule has 0 spiro atoms. The fraction of sp³-hybridized carbons (Fsp3) is 0.643. The van der Waals surface area contributed by atoms with Gasteiger partial charge in [0.05, 0.1) is 7.11 Å². The van der Waals surface area contributed by atoms with Gasteiger partial charge in [0.1, 0.15) is 11.8 Å². The molecule has 1 unspecified atom stereocenters. The third-order valence-corrected chi connectivity index (χ3v) is 3.88. The number of hydrogen-bond donors (Lipinski definition) is 1. The smallest absolute Gasteiger partial charge is 0.242 e. The van der Waals surface area contributed by atoms with Crippen LogP contribution in [0.15, 0.2) is 6.33 Å². The second-order valence-corrected chi connectivity index (χ2v) is 5.47. The molecule has 0 aliphatic carbocycles. The molecule has 2 rings (SSSR count). The second-order valence-electron chi connectivity index (χ2n) is 5.08. The summed E-state index contributed by atoms with van der Waals surface area (Å²) >= 11 is 5.42. The van der Waals surface area contributed by atoms with Crippen molar-refractivity contribution in [1.29, 1.82) is 0 Å². The molecule has 0 saturated carbocycles. The van der Waals surface area contributed by atoms with E-state index in [1.807, 2.05) is 0 Å². The van der Waals surface area contributed by atoms with Crippen LogP contribution >= 0.6 is 12.2 Å². The summed E-state index contributed by atoms with van der Waals surface area (Å²) in [6.07, 6.45) is 7.66. The van der Waals surface area contributed by atoms with Gasteiger partial charge in [-0.05, 0) is 25.6 Å². The number of imidazole rings is 1. The van der Waals surface area contributed by atoms with Gasteiger partial charge in [-0.2, -0.15) is 4.98 Å². The van der Waals surface area contributed by atoms with Crippen LogP contribution in [-0.2, 0) is 0 Å². The molecule has 20 heavy (non-hydrogen) atoms. The Labute approximate surface area is 124 Å². The first kappa shape index (κ1) is 15.0. The molecule has 2 aromatic rings. The molecule has 0 fully saturated rings. The van der Waals surface area contributed by atoms with E-state index in [2.05, 4.69) is 33.4 Å². The number of aromatic nitrogens is 4. The topological polar surface area (TPSA) is 55.7 Å². The predicted molar refractivity (Wildman–Crippen MR) is 82.7 cm³/mol. The number of hydrogen-bond acceptors (Lipinski definition) is 4. The monoisotopic (exact) mass is 294 g/mol. The average molecular weight is 294 g/mol. The SMILES string of the molecule is CCCCCCC(C)n1c(=S)[nH]c2c(OC)ncnc21. The zero-order valence-electron chi connectivity index (χ0n) is 12.3. The van der Waals surface area contributed by atoms with Crippen molar-refractivity contribution in [1.82, 2.24) is 19.5 Å². The number of ether oxygens (including phenoxy) is 1. The molecular weight excluding hydrogens is 272 g/mol. The Morgan fingerprint density at radius 1 is 1.35 bits per heavy atom. The molecule has 0 aliphatic rings. The van der Waals surface area contributed by atoms with E-state index in [1.165, 1.54) is 32.0 Å². The van der Waals surface area contributed by atoms with E-state index in [4.69, 9.17) is 17.0 Å². The highest BCUT2D eigenvalue weighted by molar-refractivity contribution is 7.71. The van der Waals surface area contributed by atoms with E-state index in [1.54, 1.807) is 7.11 Å². The van der Waals surface area contributed by atoms with Gasteiger partial charge in [-0.15, -0.1) is 0 Å². The van der Waals surface area contributed by atoms with Crippen molar-refractivity contribution in [3.63, 3.8) is 0 Å². The highest BCUT2D eigenvalue weighted by Crippen LogP contribution is 2.25. The van der Waals surface area contributed by atoms with Crippen molar-refractivity contribution in [2.45, 2.75) is 52.0 Å². The largest absolute Gasteiger partial charge is 0.479 e. The molecule has 0 saturated heterocycles. The lowest BCUT2D eigenvalue weighted by molar-refractivity contribution is 0.401. The van der Waals surface area contributed by atoms with Crippen LogP contribution in [0, 0.1) is 4.77 Å². The molecule has 5 nitrogen and oxygen atoms in total. The van der Waals surface area contributed by atoms with E-state index in [-0.39, 0.29) is 0 Å². The average Bonchev–Trinajstić information content (AvgIpc) is 2.79. The van der Waals surface area contributed by atoms with E-state index >= 15 is 0 Å². The first-order chi connectivity index (χ1) is 9.69. The van der Waals surface area contributed by atoms with Crippen LogP contribution in [0.3, 0.4) is 0 Å². The number of rotatable bonds is 7. The highest BCUT2D eigenvalue weighted by atomic mass is 32.1. The van der Waals surface area contributed by atoms with E-state index in [0.29, 0.717) is 16.7 Å². The van der Waals surface area contributed by atoms with Crippen molar-refractivity contribution >= 4 is 23.4 Å². The standard InChI is InChI=1S/C14H22N4OS/c1-4-5-6-7-8-10(2)18-12-11(17-14(18)20)13(19-3)16-9-15-12/h9-10H,4-8H2,1-3H3,(H,17,20). The number of nitrogens with one attached hydrogen (secondary N) is 1. The van der Waals surface area contributed by atoms with Crippen molar-refractivity contribution < 1.29 is 4.74 Å². The normalized spacial score (nSPS) is 12.8. The van der Waals surface area contributed by atoms with Crippen molar-refractivity contribution in [3.05, 3.63) is 11.1 Å². The first-order valence-corrected chi connectivity index (χ1v) is 7.59. The van der Waals surface area contributed by atoms with Crippen LogP contribution in [0.5, 0.6) is 5.88 Å². The number of fused-ring (bicyclic) bond motifs is 1. The Bertz CT molecular complexity index is 619. The van der Waals surface area contributed by atoms with Gasteiger partial charge >= 0.3 is 0 Å². The lowest BCUT2D eigenvalue weighted by atomic mass is 10.1. The van der Waals surface area contributed by atoms with E-state index in [9.17, 15) is 0 Å². The maximum absolute atomic E-state index is 5.42. The zero-order chi connectivity index (χ0) is 14.5. The fourth-order valence-corrected chi connectivity index (χ4v) is 2.84. The number of aromatic amines is 1. The van der Waals surface area contributed by atoms with Crippen molar-refractivity contribution in [3.8, 4) is 5.88 Å². The highest BCUT2D eigenvalue weighted by Gasteiger charge is 2.15. The molecule has 0 amide bonds. The molecule has 1 atom stereocenters. The zero-order valence-corrected chi connectivity index (χ0v) is 13.2. The third kappa shape index (κ3) is 3.00. The minimum atomic E-state index is 0.327. The molecule has 2 aromatic heterocycles. The Balaban J connectivity index is 2.25. The maximum atomic E-state index is 5.42. The minimum Gasteiger partial charge on any atom is -0.479 e. The van der Waals surface area contributed by atoms with Gasteiger partial charge in [-0.1, -0.05) is 32.6 Å². The number of methoxy groups -OCH3 is 1. The molecule has 0 aromatic carbocycles. The van der Waals surface area contributed by atoms with Gasteiger partial charge in [0.15, 0.2) is 10.4 Å². The van der Waals surface area contributed by atoms with Crippen molar-refractivity contribution in [2.75, 3.05) is 7.11 Å². The maximum Gasteiger partial charge on any atom is 0.242 e. The van der Waals surface area contributed by atoms with Gasteiger partial charge in [0.2, 0.25) is 5.88 Å². The van der Waals surface area contributed by atoms with Crippen LogP contribution in [0.4, 0.5) is 0 Å². The lowest BCUT2D eigenvalue weighted by Gasteiger charge is -2.13. The summed E-state index contributed by atoms with van der Waals surface area (Å²) in [4.78, 5) is 11.6. The van der Waals surface area contributed by atoms with Crippen molar-refractivity contribution in [2.24, 2.45) is 0 Å². The Hall–Kier alpha value is -1.43. The molecule has 2 heterocycles. The summed E-state index contributed by atoms with van der Waals surface area (Å²) in [6, 6.07) is 0.327. The van der Waals surface area contributed by atoms with E-state index < -0.39 is 0 Å². The number of H-pyrrole nitrogens is 1. The van der Waals surface area contributed by atoms with Gasteiger partial charge in [-0.3, -0.25) is 4.57 Å². The lowest BCUT2D eigenvalue weighted by Crippen LogP contribution is -2.06. The number of unbranched alkanes of at least 4 members (excludes halogenated alkanes) is 3.